The highest BCUT2D eigenvalue weighted by atomic mass is 32.2. The molecule has 0 aliphatic rings. The van der Waals surface area contributed by atoms with E-state index in [4.69, 9.17) is 0 Å². The molecule has 8 heteroatoms. The van der Waals surface area contributed by atoms with Crippen LogP contribution in [0.2, 0.25) is 0 Å². The van der Waals surface area contributed by atoms with E-state index in [1.54, 1.807) is 38.1 Å². The minimum Gasteiger partial charge on any atom is -0.325 e. The number of aryl methyl sites for hydroxylation is 2. The lowest BCUT2D eigenvalue weighted by Crippen LogP contribution is -2.16. The van der Waals surface area contributed by atoms with Crippen LogP contribution in [0, 0.1) is 13.8 Å². The molecule has 0 aliphatic heterocycles. The van der Waals surface area contributed by atoms with Gasteiger partial charge in [0.1, 0.15) is 4.90 Å². The molecule has 2 rings (SSSR count). The van der Waals surface area contributed by atoms with Crippen molar-refractivity contribution in [3.8, 4) is 0 Å². The van der Waals surface area contributed by atoms with Gasteiger partial charge in [-0.25, -0.2) is 8.42 Å². The Morgan fingerprint density at radius 3 is 2.33 bits per heavy atom. The lowest BCUT2D eigenvalue weighted by Gasteiger charge is -2.12. The van der Waals surface area contributed by atoms with Crippen LogP contribution in [0.15, 0.2) is 29.2 Å². The number of rotatable bonds is 4. The number of sulfonamides is 1. The number of para-hydroxylation sites is 2. The second kappa shape index (κ2) is 5.57. The second-order valence-electron chi connectivity index (χ2n) is 4.60. The molecule has 112 valence electrons. The molecule has 0 spiro atoms. The van der Waals surface area contributed by atoms with E-state index < -0.39 is 10.0 Å². The highest BCUT2D eigenvalue weighted by Crippen LogP contribution is 2.26. The van der Waals surface area contributed by atoms with Crippen LogP contribution in [0.25, 0.3) is 0 Å². The van der Waals surface area contributed by atoms with Crippen molar-refractivity contribution in [2.24, 2.45) is 0 Å². The predicted octanol–water partition coefficient (Wildman–Crippen LogP) is 1.79. The zero-order valence-electron chi connectivity index (χ0n) is 11.9. The maximum Gasteiger partial charge on any atom is 0.265 e. The molecule has 0 unspecified atom stereocenters. The van der Waals surface area contributed by atoms with E-state index in [1.165, 1.54) is 6.92 Å². The maximum absolute atomic E-state index is 12.5. The van der Waals surface area contributed by atoms with Gasteiger partial charge in [0.25, 0.3) is 10.0 Å². The number of anilines is 2. The summed E-state index contributed by atoms with van der Waals surface area (Å²) in [7, 11) is -3.78. The molecule has 0 saturated heterocycles. The van der Waals surface area contributed by atoms with Gasteiger partial charge in [0, 0.05) is 6.92 Å². The zero-order valence-corrected chi connectivity index (χ0v) is 12.7. The number of aromatic amines is 1. The topological polar surface area (TPSA) is 104 Å². The summed E-state index contributed by atoms with van der Waals surface area (Å²) in [5.74, 6) is -0.280. The number of carbonyl (C=O) groups is 1. The first kappa shape index (κ1) is 15.0. The van der Waals surface area contributed by atoms with Gasteiger partial charge >= 0.3 is 0 Å². The van der Waals surface area contributed by atoms with Gasteiger partial charge in [-0.05, 0) is 26.0 Å². The van der Waals surface area contributed by atoms with E-state index in [1.807, 2.05) is 0 Å². The standard InChI is InChI=1S/C13H16N4O3S/c1-8-13(9(2)16-15-8)21(19,20)17-12-7-5-4-6-11(12)14-10(3)18/h4-7,17H,1-3H3,(H,14,18)(H,15,16). The smallest absolute Gasteiger partial charge is 0.265 e. The SMILES string of the molecule is CC(=O)Nc1ccccc1NS(=O)(=O)c1c(C)n[nH]c1C. The Morgan fingerprint density at radius 1 is 1.19 bits per heavy atom. The molecule has 0 atom stereocenters. The molecule has 0 bridgehead atoms. The van der Waals surface area contributed by atoms with Gasteiger partial charge in [-0.2, -0.15) is 5.10 Å². The fourth-order valence-corrected chi connectivity index (χ4v) is 3.46. The van der Waals surface area contributed by atoms with E-state index in [0.29, 0.717) is 22.8 Å². The summed E-state index contributed by atoms with van der Waals surface area (Å²) in [5, 5.41) is 9.10. The van der Waals surface area contributed by atoms with E-state index in [2.05, 4.69) is 20.2 Å². The highest BCUT2D eigenvalue weighted by molar-refractivity contribution is 7.92. The van der Waals surface area contributed by atoms with Gasteiger partial charge in [0.05, 0.1) is 22.8 Å². The molecule has 1 aromatic carbocycles. The average molecular weight is 308 g/mol. The molecule has 3 N–H and O–H groups in total. The summed E-state index contributed by atoms with van der Waals surface area (Å²) in [6, 6.07) is 6.58. The molecule has 1 amide bonds. The summed E-state index contributed by atoms with van der Waals surface area (Å²) in [6.07, 6.45) is 0. The minimum atomic E-state index is -3.78. The number of carbonyl (C=O) groups excluding carboxylic acids is 1. The van der Waals surface area contributed by atoms with Crippen LogP contribution in [0.5, 0.6) is 0 Å². The Hall–Kier alpha value is -2.35. The number of nitrogens with one attached hydrogen (secondary N) is 3. The van der Waals surface area contributed by atoms with Crippen molar-refractivity contribution >= 4 is 27.3 Å². The third-order valence-electron chi connectivity index (χ3n) is 2.81. The number of H-pyrrole nitrogens is 1. The van der Waals surface area contributed by atoms with Crippen LogP contribution in [0.1, 0.15) is 18.3 Å². The Bertz CT molecular complexity index is 761. The molecule has 0 fully saturated rings. The monoisotopic (exact) mass is 308 g/mol. The maximum atomic E-state index is 12.5. The lowest BCUT2D eigenvalue weighted by molar-refractivity contribution is -0.114. The summed E-state index contributed by atoms with van der Waals surface area (Å²) in [4.78, 5) is 11.3. The third-order valence-corrected chi connectivity index (χ3v) is 4.44. The first-order valence-corrected chi connectivity index (χ1v) is 7.70. The molecule has 1 aromatic heterocycles. The summed E-state index contributed by atoms with van der Waals surface area (Å²) >= 11 is 0. The van der Waals surface area contributed by atoms with Crippen LogP contribution in [0.3, 0.4) is 0 Å². The van der Waals surface area contributed by atoms with Crippen LogP contribution in [-0.2, 0) is 14.8 Å². The van der Waals surface area contributed by atoms with Crippen LogP contribution < -0.4 is 10.0 Å². The van der Waals surface area contributed by atoms with Gasteiger partial charge in [-0.3, -0.25) is 14.6 Å². The summed E-state index contributed by atoms with van der Waals surface area (Å²) in [6.45, 7) is 4.60. The molecule has 0 radical (unpaired) electrons. The molecule has 1 heterocycles. The summed E-state index contributed by atoms with van der Waals surface area (Å²) < 4.78 is 27.4. The second-order valence-corrected chi connectivity index (χ2v) is 6.21. The van der Waals surface area contributed by atoms with E-state index in [9.17, 15) is 13.2 Å². The van der Waals surface area contributed by atoms with Crippen molar-refractivity contribution in [1.29, 1.82) is 0 Å². The van der Waals surface area contributed by atoms with E-state index >= 15 is 0 Å². The number of aromatic nitrogens is 2. The van der Waals surface area contributed by atoms with Crippen LogP contribution in [-0.4, -0.2) is 24.5 Å². The van der Waals surface area contributed by atoms with Gasteiger partial charge in [-0.1, -0.05) is 12.1 Å². The Labute approximate surface area is 122 Å². The minimum absolute atomic E-state index is 0.111. The molecule has 7 nitrogen and oxygen atoms in total. The molecular weight excluding hydrogens is 292 g/mol. The van der Waals surface area contributed by atoms with Crippen molar-refractivity contribution in [2.75, 3.05) is 10.0 Å². The molecule has 0 saturated carbocycles. The fraction of sp³-hybridized carbons (Fsp3) is 0.231. The first-order chi connectivity index (χ1) is 9.81. The number of hydrogen-bond acceptors (Lipinski definition) is 4. The van der Waals surface area contributed by atoms with Gasteiger partial charge < -0.3 is 5.32 Å². The number of benzene rings is 1. The number of hydrogen-bond donors (Lipinski definition) is 3. The Balaban J connectivity index is 2.40. The van der Waals surface area contributed by atoms with Crippen molar-refractivity contribution in [3.05, 3.63) is 35.7 Å². The highest BCUT2D eigenvalue weighted by Gasteiger charge is 2.23. The average Bonchev–Trinajstić information content (AvgIpc) is 2.71. The van der Waals surface area contributed by atoms with Crippen molar-refractivity contribution in [2.45, 2.75) is 25.7 Å². The largest absolute Gasteiger partial charge is 0.325 e. The summed E-state index contributed by atoms with van der Waals surface area (Å²) in [5.41, 5.74) is 1.54. The molecule has 2 aromatic rings. The van der Waals surface area contributed by atoms with Gasteiger partial charge in [-0.15, -0.1) is 0 Å². The first-order valence-electron chi connectivity index (χ1n) is 6.22. The normalized spacial score (nSPS) is 11.2. The quantitative estimate of drug-likeness (QED) is 0.801. The van der Waals surface area contributed by atoms with Gasteiger partial charge in [0.2, 0.25) is 5.91 Å². The van der Waals surface area contributed by atoms with E-state index in [-0.39, 0.29) is 10.8 Å². The number of nitrogens with zero attached hydrogens (tertiary/aromatic N) is 1. The Morgan fingerprint density at radius 2 is 1.81 bits per heavy atom. The zero-order chi connectivity index (χ0) is 15.6. The van der Waals surface area contributed by atoms with Gasteiger partial charge in [0.15, 0.2) is 0 Å². The fourth-order valence-electron chi connectivity index (χ4n) is 2.00. The predicted molar refractivity (Wildman–Crippen MR) is 79.6 cm³/mol. The molecule has 21 heavy (non-hydrogen) atoms. The lowest BCUT2D eigenvalue weighted by atomic mass is 10.3. The Kier molecular flexibility index (Phi) is 3.99. The molecule has 0 aliphatic carbocycles. The third kappa shape index (κ3) is 3.22. The van der Waals surface area contributed by atoms with Crippen molar-refractivity contribution < 1.29 is 13.2 Å². The van der Waals surface area contributed by atoms with E-state index in [0.717, 1.165) is 0 Å². The molecular formula is C13H16N4O3S. The van der Waals surface area contributed by atoms with Crippen LogP contribution >= 0.6 is 0 Å². The number of amides is 1. The van der Waals surface area contributed by atoms with Crippen molar-refractivity contribution in [1.82, 2.24) is 10.2 Å². The van der Waals surface area contributed by atoms with Crippen molar-refractivity contribution in [3.63, 3.8) is 0 Å². The van der Waals surface area contributed by atoms with Crippen LogP contribution in [0.4, 0.5) is 11.4 Å².